The molecule has 3 rings (SSSR count). The van der Waals surface area contributed by atoms with E-state index in [0.717, 1.165) is 5.56 Å². The zero-order chi connectivity index (χ0) is 17.3. The summed E-state index contributed by atoms with van der Waals surface area (Å²) in [6, 6.07) is 5.16. The average molecular weight is 360 g/mol. The summed E-state index contributed by atoms with van der Waals surface area (Å²) in [4.78, 5) is 13.9. The van der Waals surface area contributed by atoms with Crippen molar-refractivity contribution in [3.8, 4) is 0 Å². The summed E-state index contributed by atoms with van der Waals surface area (Å²) in [5.41, 5.74) is 0.778. The predicted octanol–water partition coefficient (Wildman–Crippen LogP) is 2.91. The number of nitrogens with zero attached hydrogens (tertiary/aromatic N) is 3. The number of aromatic nitrogens is 2. The lowest BCUT2D eigenvalue weighted by Crippen LogP contribution is -2.33. The molecule has 2 aromatic rings. The maximum absolute atomic E-state index is 12.9. The van der Waals surface area contributed by atoms with Crippen molar-refractivity contribution in [1.82, 2.24) is 15.1 Å². The van der Waals surface area contributed by atoms with Gasteiger partial charge in [-0.25, -0.2) is 4.39 Å². The quantitative estimate of drug-likeness (QED) is 0.852. The van der Waals surface area contributed by atoms with Crippen LogP contribution in [-0.2, 0) is 17.5 Å². The zero-order valence-electron chi connectivity index (χ0n) is 12.2. The topological polar surface area (TPSA) is 58.1 Å². The van der Waals surface area contributed by atoms with Crippen molar-refractivity contribution in [2.75, 3.05) is 11.9 Å². The molecule has 128 valence electrons. The van der Waals surface area contributed by atoms with Crippen molar-refractivity contribution < 1.29 is 22.4 Å². The van der Waals surface area contributed by atoms with Crippen LogP contribution in [0.1, 0.15) is 17.0 Å². The number of carbonyl (C=O) groups is 1. The summed E-state index contributed by atoms with van der Waals surface area (Å²) in [5.74, 6) is -0.592. The Morgan fingerprint density at radius 2 is 1.96 bits per heavy atom. The SMILES string of the molecule is O=C1C(Nc2nnc(C(F)(F)F)s2)CCN1Cc1ccc(F)cc1. The van der Waals surface area contributed by atoms with Crippen molar-refractivity contribution >= 4 is 22.4 Å². The van der Waals surface area contributed by atoms with Gasteiger partial charge in [-0.1, -0.05) is 23.5 Å². The van der Waals surface area contributed by atoms with Crippen LogP contribution >= 0.6 is 11.3 Å². The molecular weight excluding hydrogens is 348 g/mol. The summed E-state index contributed by atoms with van der Waals surface area (Å²) in [6.45, 7) is 0.778. The highest BCUT2D eigenvalue weighted by Gasteiger charge is 2.37. The number of halogens is 4. The summed E-state index contributed by atoms with van der Waals surface area (Å²) in [7, 11) is 0. The Kier molecular flexibility index (Phi) is 4.39. The van der Waals surface area contributed by atoms with E-state index < -0.39 is 17.2 Å². The average Bonchev–Trinajstić information content (AvgIpc) is 3.11. The number of carbonyl (C=O) groups excluding carboxylic acids is 1. The highest BCUT2D eigenvalue weighted by atomic mass is 32.1. The highest BCUT2D eigenvalue weighted by molar-refractivity contribution is 7.15. The van der Waals surface area contributed by atoms with E-state index in [0.29, 0.717) is 30.8 Å². The fourth-order valence-electron chi connectivity index (χ4n) is 2.39. The maximum Gasteiger partial charge on any atom is 0.445 e. The highest BCUT2D eigenvalue weighted by Crippen LogP contribution is 2.33. The molecule has 1 atom stereocenters. The Balaban J connectivity index is 1.61. The molecule has 2 heterocycles. The van der Waals surface area contributed by atoms with Gasteiger partial charge >= 0.3 is 6.18 Å². The van der Waals surface area contributed by atoms with Crippen LogP contribution in [0.25, 0.3) is 0 Å². The van der Waals surface area contributed by atoms with Crippen molar-refractivity contribution in [3.05, 3.63) is 40.7 Å². The molecule has 1 aliphatic heterocycles. The van der Waals surface area contributed by atoms with Crippen LogP contribution in [-0.4, -0.2) is 33.6 Å². The number of nitrogens with one attached hydrogen (secondary N) is 1. The van der Waals surface area contributed by atoms with Gasteiger partial charge in [-0.15, -0.1) is 10.2 Å². The van der Waals surface area contributed by atoms with Gasteiger partial charge in [-0.05, 0) is 24.1 Å². The third-order valence-electron chi connectivity index (χ3n) is 3.55. The van der Waals surface area contributed by atoms with Crippen LogP contribution < -0.4 is 5.32 Å². The molecule has 1 aromatic heterocycles. The van der Waals surface area contributed by atoms with Crippen LogP contribution in [0, 0.1) is 5.82 Å². The molecular formula is C14H12F4N4OS. The van der Waals surface area contributed by atoms with Gasteiger partial charge in [-0.3, -0.25) is 4.79 Å². The van der Waals surface area contributed by atoms with Gasteiger partial charge in [0.15, 0.2) is 0 Å². The Morgan fingerprint density at radius 3 is 2.58 bits per heavy atom. The van der Waals surface area contributed by atoms with Crippen LogP contribution in [0.3, 0.4) is 0 Å². The van der Waals surface area contributed by atoms with E-state index in [1.807, 2.05) is 0 Å². The number of rotatable bonds is 4. The number of alkyl halides is 3. The van der Waals surface area contributed by atoms with Gasteiger partial charge in [0, 0.05) is 13.1 Å². The number of amides is 1. The second-order valence-corrected chi connectivity index (χ2v) is 6.26. The van der Waals surface area contributed by atoms with E-state index in [1.54, 1.807) is 17.0 Å². The molecule has 1 unspecified atom stereocenters. The lowest BCUT2D eigenvalue weighted by atomic mass is 10.2. The van der Waals surface area contributed by atoms with E-state index in [2.05, 4.69) is 15.5 Å². The van der Waals surface area contributed by atoms with Crippen LogP contribution in [0.15, 0.2) is 24.3 Å². The van der Waals surface area contributed by atoms with Crippen molar-refractivity contribution in [2.45, 2.75) is 25.2 Å². The number of hydrogen-bond donors (Lipinski definition) is 1. The minimum Gasteiger partial charge on any atom is -0.348 e. The predicted molar refractivity (Wildman–Crippen MR) is 78.8 cm³/mol. The second kappa shape index (κ2) is 6.34. The molecule has 0 radical (unpaired) electrons. The van der Waals surface area contributed by atoms with Crippen LogP contribution in [0.5, 0.6) is 0 Å². The normalized spacial score (nSPS) is 18.2. The summed E-state index contributed by atoms with van der Waals surface area (Å²) in [5, 5.41) is 8.10. The first-order valence-corrected chi connectivity index (χ1v) is 7.85. The van der Waals surface area contributed by atoms with Crippen LogP contribution in [0.4, 0.5) is 22.7 Å². The zero-order valence-corrected chi connectivity index (χ0v) is 13.0. The fraction of sp³-hybridized carbons (Fsp3) is 0.357. The van der Waals surface area contributed by atoms with E-state index >= 15 is 0 Å². The van der Waals surface area contributed by atoms with Gasteiger partial charge in [-0.2, -0.15) is 13.2 Å². The molecule has 0 saturated carbocycles. The molecule has 1 aromatic carbocycles. The first-order valence-electron chi connectivity index (χ1n) is 7.03. The minimum absolute atomic E-state index is 0.0377. The molecule has 0 spiro atoms. The van der Waals surface area contributed by atoms with Gasteiger partial charge in [0.1, 0.15) is 11.9 Å². The first-order chi connectivity index (χ1) is 11.3. The van der Waals surface area contributed by atoms with E-state index in [-0.39, 0.29) is 16.9 Å². The summed E-state index contributed by atoms with van der Waals surface area (Å²) < 4.78 is 50.4. The van der Waals surface area contributed by atoms with E-state index in [4.69, 9.17) is 0 Å². The third kappa shape index (κ3) is 3.64. The smallest absolute Gasteiger partial charge is 0.348 e. The lowest BCUT2D eigenvalue weighted by molar-refractivity contribution is -0.138. The molecule has 1 N–H and O–H groups in total. The molecule has 1 fully saturated rings. The van der Waals surface area contributed by atoms with Gasteiger partial charge in [0.2, 0.25) is 16.0 Å². The Labute approximate surface area is 138 Å². The van der Waals surface area contributed by atoms with E-state index in [1.165, 1.54) is 12.1 Å². The lowest BCUT2D eigenvalue weighted by Gasteiger charge is -2.17. The van der Waals surface area contributed by atoms with Crippen LogP contribution in [0.2, 0.25) is 0 Å². The van der Waals surface area contributed by atoms with Crippen molar-refractivity contribution in [3.63, 3.8) is 0 Å². The maximum atomic E-state index is 12.9. The van der Waals surface area contributed by atoms with Crippen molar-refractivity contribution in [1.29, 1.82) is 0 Å². The summed E-state index contributed by atoms with van der Waals surface area (Å²) >= 11 is 0.365. The largest absolute Gasteiger partial charge is 0.445 e. The number of likely N-dealkylation sites (tertiary alicyclic amines) is 1. The molecule has 0 bridgehead atoms. The summed E-state index contributed by atoms with van der Waals surface area (Å²) in [6.07, 6.45) is -4.10. The number of anilines is 1. The number of benzene rings is 1. The Bertz CT molecular complexity index is 731. The van der Waals surface area contributed by atoms with E-state index in [9.17, 15) is 22.4 Å². The van der Waals surface area contributed by atoms with Gasteiger partial charge < -0.3 is 10.2 Å². The molecule has 0 aliphatic carbocycles. The number of hydrogen-bond acceptors (Lipinski definition) is 5. The van der Waals surface area contributed by atoms with Crippen molar-refractivity contribution in [2.24, 2.45) is 0 Å². The molecule has 1 saturated heterocycles. The molecule has 5 nitrogen and oxygen atoms in total. The second-order valence-electron chi connectivity index (χ2n) is 5.28. The Hall–Kier alpha value is -2.23. The molecule has 1 aliphatic rings. The molecule has 10 heteroatoms. The molecule has 24 heavy (non-hydrogen) atoms. The first kappa shape index (κ1) is 16.6. The monoisotopic (exact) mass is 360 g/mol. The Morgan fingerprint density at radius 1 is 1.25 bits per heavy atom. The standard InChI is InChI=1S/C14H12F4N4OS/c15-9-3-1-8(2-4-9)7-22-6-5-10(11(22)23)19-13-21-20-12(24-13)14(16,17)18/h1-4,10H,5-7H2,(H,19,21). The third-order valence-corrected chi connectivity index (χ3v) is 4.45. The van der Waals surface area contributed by atoms with Gasteiger partial charge in [0.25, 0.3) is 0 Å². The van der Waals surface area contributed by atoms with Gasteiger partial charge in [0.05, 0.1) is 0 Å². The fourth-order valence-corrected chi connectivity index (χ4v) is 3.05. The molecule has 1 amide bonds. The minimum atomic E-state index is -4.55.